The number of ether oxygens (including phenoxy) is 1. The van der Waals surface area contributed by atoms with Crippen molar-refractivity contribution in [3.05, 3.63) is 59.2 Å². The van der Waals surface area contributed by atoms with Gasteiger partial charge in [0.15, 0.2) is 18.2 Å². The summed E-state index contributed by atoms with van der Waals surface area (Å²) < 4.78 is 49.7. The van der Waals surface area contributed by atoms with Gasteiger partial charge < -0.3 is 14.6 Å². The highest BCUT2D eigenvalue weighted by Gasteiger charge is 2.30. The van der Waals surface area contributed by atoms with Gasteiger partial charge in [-0.05, 0) is 38.1 Å². The van der Waals surface area contributed by atoms with E-state index in [1.54, 1.807) is 13.8 Å². The van der Waals surface area contributed by atoms with Gasteiger partial charge in [0.05, 0.1) is 5.56 Å². The van der Waals surface area contributed by atoms with E-state index in [0.717, 1.165) is 12.1 Å². The fraction of sp³-hybridized carbons (Fsp3) is 0.235. The number of halogens is 3. The summed E-state index contributed by atoms with van der Waals surface area (Å²) in [5.74, 6) is 0.0393. The Morgan fingerprint density at radius 3 is 2.74 bits per heavy atom. The van der Waals surface area contributed by atoms with Crippen LogP contribution in [-0.4, -0.2) is 20.8 Å². The lowest BCUT2D eigenvalue weighted by Gasteiger charge is -2.10. The Morgan fingerprint density at radius 2 is 2.07 bits per heavy atom. The number of aromatic nitrogens is 3. The standard InChI is InChI=1S/C17H15F3N4O3/c1-10-15(11(2)27-23-10)21-16(25)14-6-7-24(22-14)9-26-13-5-3-4-12(8-13)17(18,19)20/h3-8H,9H2,1-2H3,(H,21,25). The van der Waals surface area contributed by atoms with Crippen molar-refractivity contribution >= 4 is 11.6 Å². The second kappa shape index (κ2) is 7.14. The van der Waals surface area contributed by atoms with E-state index in [9.17, 15) is 18.0 Å². The Balaban J connectivity index is 1.64. The first-order valence-electron chi connectivity index (χ1n) is 7.82. The first-order valence-corrected chi connectivity index (χ1v) is 7.82. The third-order valence-electron chi connectivity index (χ3n) is 3.67. The van der Waals surface area contributed by atoms with Gasteiger partial charge in [-0.15, -0.1) is 0 Å². The molecule has 0 radical (unpaired) electrons. The molecule has 0 unspecified atom stereocenters. The Hall–Kier alpha value is -3.30. The maximum atomic E-state index is 12.7. The third kappa shape index (κ3) is 4.27. The Kier molecular flexibility index (Phi) is 4.89. The molecule has 1 N–H and O–H groups in total. The molecule has 27 heavy (non-hydrogen) atoms. The first-order chi connectivity index (χ1) is 12.7. The lowest BCUT2D eigenvalue weighted by molar-refractivity contribution is -0.137. The number of carbonyl (C=O) groups is 1. The highest BCUT2D eigenvalue weighted by Crippen LogP contribution is 2.31. The summed E-state index contributed by atoms with van der Waals surface area (Å²) in [7, 11) is 0. The molecule has 7 nitrogen and oxygen atoms in total. The summed E-state index contributed by atoms with van der Waals surface area (Å²) in [6, 6.07) is 5.98. The molecule has 0 aliphatic rings. The highest BCUT2D eigenvalue weighted by molar-refractivity contribution is 6.03. The normalized spacial score (nSPS) is 11.4. The van der Waals surface area contributed by atoms with E-state index in [2.05, 4.69) is 15.6 Å². The predicted octanol–water partition coefficient (Wildman–Crippen LogP) is 3.80. The van der Waals surface area contributed by atoms with Gasteiger partial charge in [-0.1, -0.05) is 11.2 Å². The number of benzene rings is 1. The van der Waals surface area contributed by atoms with Gasteiger partial charge in [-0.3, -0.25) is 4.79 Å². The summed E-state index contributed by atoms with van der Waals surface area (Å²) in [5.41, 5.74) is 0.311. The molecule has 142 valence electrons. The zero-order valence-corrected chi connectivity index (χ0v) is 14.4. The number of aryl methyl sites for hydroxylation is 2. The van der Waals surface area contributed by atoms with Crippen molar-refractivity contribution in [1.29, 1.82) is 0 Å². The largest absolute Gasteiger partial charge is 0.471 e. The van der Waals surface area contributed by atoms with Crippen LogP contribution in [0.15, 0.2) is 41.1 Å². The van der Waals surface area contributed by atoms with Crippen LogP contribution in [0.5, 0.6) is 5.75 Å². The molecule has 0 saturated heterocycles. The van der Waals surface area contributed by atoms with Gasteiger partial charge >= 0.3 is 6.18 Å². The molecule has 0 saturated carbocycles. The van der Waals surface area contributed by atoms with Crippen LogP contribution in [0.25, 0.3) is 0 Å². The van der Waals surface area contributed by atoms with Crippen LogP contribution >= 0.6 is 0 Å². The molecule has 0 aliphatic carbocycles. The van der Waals surface area contributed by atoms with Gasteiger partial charge in [-0.2, -0.15) is 18.3 Å². The number of nitrogens with one attached hydrogen (secondary N) is 1. The quantitative estimate of drug-likeness (QED) is 0.728. The molecule has 0 aliphatic heterocycles. The van der Waals surface area contributed by atoms with Crippen molar-refractivity contribution < 1.29 is 27.2 Å². The Labute approximate surface area is 151 Å². The summed E-state index contributed by atoms with van der Waals surface area (Å²) >= 11 is 0. The van der Waals surface area contributed by atoms with Gasteiger partial charge in [0.2, 0.25) is 0 Å². The van der Waals surface area contributed by atoms with Gasteiger partial charge in [0, 0.05) is 6.20 Å². The topological polar surface area (TPSA) is 82.2 Å². The fourth-order valence-corrected chi connectivity index (χ4v) is 2.30. The van der Waals surface area contributed by atoms with E-state index in [1.165, 1.54) is 29.1 Å². The first kappa shape index (κ1) is 18.5. The van der Waals surface area contributed by atoms with Crippen molar-refractivity contribution in [2.45, 2.75) is 26.8 Å². The zero-order chi connectivity index (χ0) is 19.6. The molecule has 0 atom stereocenters. The van der Waals surface area contributed by atoms with Crippen molar-refractivity contribution in [2.24, 2.45) is 0 Å². The average Bonchev–Trinajstić information content (AvgIpc) is 3.21. The molecule has 3 rings (SSSR count). The second-order valence-electron chi connectivity index (χ2n) is 5.69. The fourth-order valence-electron chi connectivity index (χ4n) is 2.30. The Bertz CT molecular complexity index is 943. The lowest BCUT2D eigenvalue weighted by atomic mass is 10.2. The van der Waals surface area contributed by atoms with Crippen LogP contribution < -0.4 is 10.1 Å². The maximum absolute atomic E-state index is 12.7. The number of hydrogen-bond donors (Lipinski definition) is 1. The predicted molar refractivity (Wildman–Crippen MR) is 88.2 cm³/mol. The Morgan fingerprint density at radius 1 is 1.30 bits per heavy atom. The monoisotopic (exact) mass is 380 g/mol. The van der Waals surface area contributed by atoms with E-state index in [0.29, 0.717) is 17.1 Å². The molecule has 1 aromatic carbocycles. The van der Waals surface area contributed by atoms with Crippen LogP contribution in [-0.2, 0) is 12.9 Å². The molecule has 3 aromatic rings. The molecule has 10 heteroatoms. The zero-order valence-electron chi connectivity index (χ0n) is 14.4. The van der Waals surface area contributed by atoms with Crippen molar-refractivity contribution in [3.63, 3.8) is 0 Å². The van der Waals surface area contributed by atoms with Crippen LogP contribution in [0.3, 0.4) is 0 Å². The maximum Gasteiger partial charge on any atom is 0.416 e. The van der Waals surface area contributed by atoms with Crippen LogP contribution in [0.4, 0.5) is 18.9 Å². The SMILES string of the molecule is Cc1noc(C)c1NC(=O)c1ccn(COc2cccc(C(F)(F)F)c2)n1. The minimum atomic E-state index is -4.45. The number of hydrogen-bond acceptors (Lipinski definition) is 5. The summed E-state index contributed by atoms with van der Waals surface area (Å²) in [4.78, 5) is 12.2. The van der Waals surface area contributed by atoms with Crippen molar-refractivity contribution in [3.8, 4) is 5.75 Å². The van der Waals surface area contributed by atoms with Gasteiger partial charge in [-0.25, -0.2) is 4.68 Å². The second-order valence-corrected chi connectivity index (χ2v) is 5.69. The van der Waals surface area contributed by atoms with E-state index in [4.69, 9.17) is 9.26 Å². The molecule has 0 bridgehead atoms. The number of amides is 1. The molecular formula is C17H15F3N4O3. The molecule has 1 amide bonds. The molecule has 0 fully saturated rings. The van der Waals surface area contributed by atoms with Gasteiger partial charge in [0.1, 0.15) is 17.1 Å². The van der Waals surface area contributed by atoms with Crippen molar-refractivity contribution in [2.75, 3.05) is 5.32 Å². The third-order valence-corrected chi connectivity index (χ3v) is 3.67. The van der Waals surface area contributed by atoms with E-state index < -0.39 is 17.6 Å². The number of alkyl halides is 3. The minimum absolute atomic E-state index is 0.0436. The number of rotatable bonds is 5. The van der Waals surface area contributed by atoms with Crippen LogP contribution in [0.2, 0.25) is 0 Å². The minimum Gasteiger partial charge on any atom is -0.471 e. The van der Waals surface area contributed by atoms with Crippen molar-refractivity contribution in [1.82, 2.24) is 14.9 Å². The summed E-state index contributed by atoms with van der Waals surface area (Å²) in [6.45, 7) is 3.20. The summed E-state index contributed by atoms with van der Waals surface area (Å²) in [5, 5.41) is 10.4. The summed E-state index contributed by atoms with van der Waals surface area (Å²) in [6.07, 6.45) is -2.97. The van der Waals surface area contributed by atoms with Crippen LogP contribution in [0.1, 0.15) is 27.5 Å². The molecule has 0 spiro atoms. The number of anilines is 1. The van der Waals surface area contributed by atoms with Crippen LogP contribution in [0, 0.1) is 13.8 Å². The molecule has 2 heterocycles. The molecule has 2 aromatic heterocycles. The number of nitrogens with zero attached hydrogens (tertiary/aromatic N) is 3. The smallest absolute Gasteiger partial charge is 0.416 e. The van der Waals surface area contributed by atoms with E-state index >= 15 is 0 Å². The van der Waals surface area contributed by atoms with Gasteiger partial charge in [0.25, 0.3) is 5.91 Å². The highest BCUT2D eigenvalue weighted by atomic mass is 19.4. The average molecular weight is 380 g/mol. The lowest BCUT2D eigenvalue weighted by Crippen LogP contribution is -2.15. The number of carbonyl (C=O) groups excluding carboxylic acids is 1. The van der Waals surface area contributed by atoms with E-state index in [1.807, 2.05) is 0 Å². The molecular weight excluding hydrogens is 365 g/mol. The van der Waals surface area contributed by atoms with E-state index in [-0.39, 0.29) is 18.2 Å².